The summed E-state index contributed by atoms with van der Waals surface area (Å²) in [5.74, 6) is 0.551. The molecule has 2 aromatic heterocycles. The highest BCUT2D eigenvalue weighted by atomic mass is 31.1. The van der Waals surface area contributed by atoms with E-state index in [1.807, 2.05) is 0 Å². The predicted octanol–water partition coefficient (Wildman–Crippen LogP) is 12.0. The lowest BCUT2D eigenvalue weighted by molar-refractivity contribution is -0.0668. The van der Waals surface area contributed by atoms with Crippen LogP contribution in [0.25, 0.3) is 42.0 Å². The lowest BCUT2D eigenvalue weighted by Crippen LogP contribution is -2.23. The first-order valence-corrected chi connectivity index (χ1v) is 18.6. The molecular formula is C39H36O2P2. The van der Waals surface area contributed by atoms with E-state index in [-0.39, 0.29) is 18.5 Å². The van der Waals surface area contributed by atoms with Crippen LogP contribution in [0.3, 0.4) is 0 Å². The van der Waals surface area contributed by atoms with E-state index >= 15 is 0 Å². The molecule has 1 unspecified atom stereocenters. The lowest BCUT2D eigenvalue weighted by atomic mass is 9.97. The third kappa shape index (κ3) is 4.73. The number of fused-ring (bicyclic) bond motifs is 6. The maximum Gasteiger partial charge on any atom is 0.184 e. The molecule has 1 aliphatic rings. The minimum Gasteiger partial charge on any atom is -0.342 e. The fourth-order valence-corrected chi connectivity index (χ4v) is 12.7. The van der Waals surface area contributed by atoms with Gasteiger partial charge in [0.1, 0.15) is 0 Å². The van der Waals surface area contributed by atoms with Crippen LogP contribution in [-0.4, -0.2) is 12.2 Å². The van der Waals surface area contributed by atoms with Crippen molar-refractivity contribution in [3.05, 3.63) is 132 Å². The number of rotatable bonds is 7. The summed E-state index contributed by atoms with van der Waals surface area (Å²) in [6.07, 6.45) is 2.79. The van der Waals surface area contributed by atoms with Crippen LogP contribution in [0.4, 0.5) is 0 Å². The summed E-state index contributed by atoms with van der Waals surface area (Å²) in [5.41, 5.74) is 2.50. The average molecular weight is 599 g/mol. The molecule has 5 aromatic carbocycles. The molecular weight excluding hydrogens is 562 g/mol. The molecule has 8 rings (SSSR count). The van der Waals surface area contributed by atoms with Crippen molar-refractivity contribution in [2.75, 3.05) is 0 Å². The lowest BCUT2D eigenvalue weighted by Gasteiger charge is -2.18. The van der Waals surface area contributed by atoms with Gasteiger partial charge in [-0.15, -0.1) is 15.1 Å². The Morgan fingerprint density at radius 2 is 0.907 bits per heavy atom. The second-order valence-electron chi connectivity index (χ2n) is 11.9. The maximum atomic E-state index is 6.97. The summed E-state index contributed by atoms with van der Waals surface area (Å²) in [7, 11) is -1.08. The molecule has 0 N–H and O–H groups in total. The zero-order valence-electron chi connectivity index (χ0n) is 24.7. The van der Waals surface area contributed by atoms with Crippen LogP contribution in [0.1, 0.15) is 43.6 Å². The number of ether oxygens (including phenoxy) is 2. The van der Waals surface area contributed by atoms with Crippen LogP contribution in [0, 0.1) is 0 Å². The molecule has 214 valence electrons. The first-order valence-electron chi connectivity index (χ1n) is 15.5. The molecule has 2 nitrogen and oxygen atoms in total. The van der Waals surface area contributed by atoms with Gasteiger partial charge in [0, 0.05) is 38.4 Å². The first-order chi connectivity index (χ1) is 21.2. The van der Waals surface area contributed by atoms with Gasteiger partial charge in [-0.2, -0.15) is 0 Å². The van der Waals surface area contributed by atoms with Gasteiger partial charge in [0.15, 0.2) is 6.29 Å². The van der Waals surface area contributed by atoms with Crippen molar-refractivity contribution < 1.29 is 9.47 Å². The van der Waals surface area contributed by atoms with Gasteiger partial charge in [-0.3, -0.25) is 0 Å². The van der Waals surface area contributed by atoms with Gasteiger partial charge in [0.2, 0.25) is 0 Å². The van der Waals surface area contributed by atoms with Crippen LogP contribution in [0.2, 0.25) is 0 Å². The first kappa shape index (κ1) is 27.2. The van der Waals surface area contributed by atoms with Crippen molar-refractivity contribution in [1.29, 1.82) is 0 Å². The fourth-order valence-electron chi connectivity index (χ4n) is 6.98. The van der Waals surface area contributed by atoms with E-state index in [2.05, 4.69) is 135 Å². The van der Waals surface area contributed by atoms with E-state index in [1.165, 1.54) is 47.6 Å². The van der Waals surface area contributed by atoms with Gasteiger partial charge in [-0.05, 0) is 39.4 Å². The van der Waals surface area contributed by atoms with E-state index < -0.39 is 15.1 Å². The Balaban J connectivity index is 1.21. The Bertz CT molecular complexity index is 1840. The van der Waals surface area contributed by atoms with Crippen LogP contribution >= 0.6 is 15.1 Å². The van der Waals surface area contributed by atoms with E-state index in [9.17, 15) is 0 Å². The van der Waals surface area contributed by atoms with Crippen LogP contribution in [0.5, 0.6) is 0 Å². The second-order valence-corrected chi connectivity index (χ2v) is 16.3. The van der Waals surface area contributed by atoms with Crippen molar-refractivity contribution in [2.24, 2.45) is 0 Å². The largest absolute Gasteiger partial charge is 0.342 e. The van der Waals surface area contributed by atoms with Gasteiger partial charge < -0.3 is 9.47 Å². The molecule has 7 aromatic rings. The molecule has 3 atom stereocenters. The highest BCUT2D eigenvalue weighted by molar-refractivity contribution is 7.61. The minimum absolute atomic E-state index is 0.0204. The molecule has 1 saturated heterocycles. The molecule has 1 fully saturated rings. The smallest absolute Gasteiger partial charge is 0.184 e. The molecule has 43 heavy (non-hydrogen) atoms. The molecule has 0 aliphatic carbocycles. The number of hydrogen-bond acceptors (Lipinski definition) is 2. The van der Waals surface area contributed by atoms with Gasteiger partial charge in [-0.25, -0.2) is 0 Å². The van der Waals surface area contributed by atoms with Gasteiger partial charge in [-0.1, -0.05) is 135 Å². The Kier molecular flexibility index (Phi) is 7.13. The predicted molar refractivity (Wildman–Crippen MR) is 186 cm³/mol. The number of hydrogen-bond donors (Lipinski definition) is 0. The number of benzene rings is 5. The molecule has 0 spiro atoms. The van der Waals surface area contributed by atoms with Crippen LogP contribution in [-0.2, 0) is 21.8 Å². The SMILES string of the molecule is CCC(C)c1ccc(C2O[C@@H](Cp3c4ccccc4c4ccccc43)[C@H](Cp3c4ccccc4c4ccccc43)O2)cc1. The Morgan fingerprint density at radius 1 is 0.535 bits per heavy atom. The Hall–Kier alpha value is -3.38. The quantitative estimate of drug-likeness (QED) is 0.182. The fraction of sp³-hybridized carbons (Fsp3) is 0.231. The molecule has 0 bridgehead atoms. The van der Waals surface area contributed by atoms with E-state index in [1.54, 1.807) is 0 Å². The highest BCUT2D eigenvalue weighted by Gasteiger charge is 2.38. The highest BCUT2D eigenvalue weighted by Crippen LogP contribution is 2.55. The van der Waals surface area contributed by atoms with Gasteiger partial charge >= 0.3 is 0 Å². The van der Waals surface area contributed by atoms with Crippen LogP contribution < -0.4 is 0 Å². The third-order valence-corrected chi connectivity index (χ3v) is 14.8. The molecule has 4 heteroatoms. The minimum atomic E-state index is -0.539. The van der Waals surface area contributed by atoms with Crippen LogP contribution in [0.15, 0.2) is 121 Å². The monoisotopic (exact) mass is 598 g/mol. The van der Waals surface area contributed by atoms with Gasteiger partial charge in [0.25, 0.3) is 0 Å². The van der Waals surface area contributed by atoms with E-state index in [0.717, 1.165) is 24.3 Å². The molecule has 0 amide bonds. The Labute approximate surface area is 255 Å². The molecule has 0 radical (unpaired) electrons. The topological polar surface area (TPSA) is 18.5 Å². The second kappa shape index (κ2) is 11.3. The van der Waals surface area contributed by atoms with Crippen molar-refractivity contribution in [2.45, 2.75) is 57.0 Å². The molecule has 0 saturated carbocycles. The van der Waals surface area contributed by atoms with Crippen molar-refractivity contribution in [1.82, 2.24) is 0 Å². The van der Waals surface area contributed by atoms with E-state index in [4.69, 9.17) is 9.47 Å². The standard InChI is InChI=1S/C39H36O2P2/c1-3-26(2)27-20-22-28(23-21-27)39-40-33(24-42-35-16-8-4-12-29(35)30-13-5-9-17-36(30)42)34(41-39)25-43-37-18-10-6-14-31(37)32-15-7-11-19-38(32)43/h4-23,26,33-34,39H,3,24-25H2,1-2H3/t26?,33-,34-/m0/s1. The Morgan fingerprint density at radius 3 is 1.28 bits per heavy atom. The van der Waals surface area contributed by atoms with Crippen molar-refractivity contribution >= 4 is 57.1 Å². The summed E-state index contributed by atoms with van der Waals surface area (Å²) < 4.78 is 13.9. The zero-order valence-corrected chi connectivity index (χ0v) is 26.5. The van der Waals surface area contributed by atoms with E-state index in [0.29, 0.717) is 5.92 Å². The summed E-state index contributed by atoms with van der Waals surface area (Å²) in [6.45, 7) is 4.54. The zero-order chi connectivity index (χ0) is 28.9. The average Bonchev–Trinajstić information content (AvgIpc) is 3.72. The summed E-state index contributed by atoms with van der Waals surface area (Å²) >= 11 is 0. The summed E-state index contributed by atoms with van der Waals surface area (Å²) in [5, 5.41) is 11.5. The molecule has 3 heterocycles. The van der Waals surface area contributed by atoms with Crippen molar-refractivity contribution in [3.63, 3.8) is 0 Å². The molecule has 1 aliphatic heterocycles. The van der Waals surface area contributed by atoms with Gasteiger partial charge in [0.05, 0.1) is 12.2 Å². The summed E-state index contributed by atoms with van der Waals surface area (Å²) in [6, 6.07) is 44.9. The maximum absolute atomic E-state index is 6.97. The third-order valence-electron chi connectivity index (χ3n) is 9.49. The summed E-state index contributed by atoms with van der Waals surface area (Å²) in [4.78, 5) is 0. The van der Waals surface area contributed by atoms with Crippen molar-refractivity contribution in [3.8, 4) is 0 Å². The normalized spacial score (nSPS) is 18.4.